The van der Waals surface area contributed by atoms with E-state index in [4.69, 9.17) is 0 Å². The first-order chi connectivity index (χ1) is 10.1. The molecule has 0 aliphatic carbocycles. The maximum atomic E-state index is 12.0. The number of hydrogen-bond donors (Lipinski definition) is 2. The minimum Gasteiger partial charge on any atom is -0.369 e. The van der Waals surface area contributed by atoms with Crippen LogP contribution in [0.25, 0.3) is 0 Å². The first-order valence-electron chi connectivity index (χ1n) is 7.62. The van der Waals surface area contributed by atoms with Crippen LogP contribution in [-0.4, -0.2) is 53.5 Å². The van der Waals surface area contributed by atoms with E-state index in [1.54, 1.807) is 6.20 Å². The summed E-state index contributed by atoms with van der Waals surface area (Å²) in [5.74, 6) is 0.460. The summed E-state index contributed by atoms with van der Waals surface area (Å²) in [4.78, 5) is 22.6. The third-order valence-corrected chi connectivity index (χ3v) is 3.52. The molecule has 1 amide bonds. The van der Waals surface area contributed by atoms with Gasteiger partial charge in [0, 0.05) is 25.7 Å². The summed E-state index contributed by atoms with van der Waals surface area (Å²) in [6, 6.07) is 0.517. The van der Waals surface area contributed by atoms with Gasteiger partial charge in [-0.2, -0.15) is 0 Å². The molecule has 1 rings (SSSR count). The first kappa shape index (κ1) is 17.4. The van der Waals surface area contributed by atoms with Crippen LogP contribution in [0, 0.1) is 0 Å². The number of likely N-dealkylation sites (N-methyl/N-ethyl adjacent to an activating group) is 1. The van der Waals surface area contributed by atoms with Crippen LogP contribution in [0.4, 0.5) is 5.82 Å². The Bertz CT molecular complexity index is 438. The van der Waals surface area contributed by atoms with Gasteiger partial charge in [0.15, 0.2) is 0 Å². The molecule has 6 heteroatoms. The van der Waals surface area contributed by atoms with Crippen molar-refractivity contribution in [2.75, 3.05) is 32.0 Å². The second kappa shape index (κ2) is 9.28. The van der Waals surface area contributed by atoms with Gasteiger partial charge in [-0.3, -0.25) is 9.78 Å². The summed E-state index contributed by atoms with van der Waals surface area (Å²) in [6.07, 6.45) is 5.22. The van der Waals surface area contributed by atoms with Gasteiger partial charge in [-0.05, 0) is 26.8 Å². The number of nitrogens with zero attached hydrogens (tertiary/aromatic N) is 3. The average molecular weight is 293 g/mol. The molecule has 2 N–H and O–H groups in total. The van der Waals surface area contributed by atoms with E-state index in [9.17, 15) is 4.79 Å². The Morgan fingerprint density at radius 2 is 2.10 bits per heavy atom. The lowest BCUT2D eigenvalue weighted by molar-refractivity contribution is 0.0942. The highest BCUT2D eigenvalue weighted by Gasteiger charge is 2.10. The molecule has 0 aromatic carbocycles. The molecule has 1 unspecified atom stereocenters. The van der Waals surface area contributed by atoms with Gasteiger partial charge >= 0.3 is 0 Å². The molecule has 1 aromatic rings. The lowest BCUT2D eigenvalue weighted by Gasteiger charge is -2.23. The second-order valence-corrected chi connectivity index (χ2v) is 5.21. The Morgan fingerprint density at radius 1 is 1.33 bits per heavy atom. The Balaban J connectivity index is 2.44. The van der Waals surface area contributed by atoms with E-state index < -0.39 is 0 Å². The van der Waals surface area contributed by atoms with Crippen LogP contribution in [0.1, 0.15) is 44.1 Å². The molecular weight excluding hydrogens is 266 g/mol. The zero-order valence-corrected chi connectivity index (χ0v) is 13.5. The Hall–Kier alpha value is -1.69. The Kier molecular flexibility index (Phi) is 7.68. The fraction of sp³-hybridized carbons (Fsp3) is 0.667. The smallest absolute Gasteiger partial charge is 0.271 e. The zero-order chi connectivity index (χ0) is 15.7. The van der Waals surface area contributed by atoms with Crippen LogP contribution in [0.3, 0.4) is 0 Å². The lowest BCUT2D eigenvalue weighted by Crippen LogP contribution is -2.37. The predicted molar refractivity (Wildman–Crippen MR) is 85.5 cm³/mol. The molecule has 1 aromatic heterocycles. The molecular formula is C15H27N5O. The van der Waals surface area contributed by atoms with Gasteiger partial charge in [0.2, 0.25) is 0 Å². The van der Waals surface area contributed by atoms with Crippen molar-refractivity contribution in [2.45, 2.75) is 39.7 Å². The maximum absolute atomic E-state index is 12.0. The van der Waals surface area contributed by atoms with E-state index in [1.165, 1.54) is 6.20 Å². The summed E-state index contributed by atoms with van der Waals surface area (Å²) in [5, 5.41) is 6.01. The third kappa shape index (κ3) is 6.08. The van der Waals surface area contributed by atoms with Gasteiger partial charge in [-0.1, -0.05) is 13.8 Å². The topological polar surface area (TPSA) is 70.2 Å². The van der Waals surface area contributed by atoms with Gasteiger partial charge in [-0.15, -0.1) is 0 Å². The van der Waals surface area contributed by atoms with E-state index in [1.807, 2.05) is 0 Å². The van der Waals surface area contributed by atoms with Crippen molar-refractivity contribution < 1.29 is 4.79 Å². The molecule has 0 bridgehead atoms. The molecule has 0 saturated carbocycles. The van der Waals surface area contributed by atoms with Crippen LogP contribution in [0.5, 0.6) is 0 Å². The third-order valence-electron chi connectivity index (χ3n) is 3.52. The zero-order valence-electron chi connectivity index (χ0n) is 13.5. The van der Waals surface area contributed by atoms with Crippen LogP contribution in [0.15, 0.2) is 12.4 Å². The van der Waals surface area contributed by atoms with Crippen molar-refractivity contribution in [3.05, 3.63) is 18.1 Å². The Labute approximate surface area is 127 Å². The number of anilines is 1. The molecule has 0 fully saturated rings. The van der Waals surface area contributed by atoms with Crippen molar-refractivity contribution in [1.29, 1.82) is 0 Å². The minimum absolute atomic E-state index is 0.180. The van der Waals surface area contributed by atoms with Gasteiger partial charge in [0.1, 0.15) is 11.5 Å². The second-order valence-electron chi connectivity index (χ2n) is 5.21. The fourth-order valence-corrected chi connectivity index (χ4v) is 1.78. The van der Waals surface area contributed by atoms with E-state index >= 15 is 0 Å². The molecule has 21 heavy (non-hydrogen) atoms. The number of amides is 1. The summed E-state index contributed by atoms with van der Waals surface area (Å²) >= 11 is 0. The number of hydrogen-bond acceptors (Lipinski definition) is 5. The minimum atomic E-state index is -0.180. The summed E-state index contributed by atoms with van der Waals surface area (Å²) in [7, 11) is 2.06. The SMILES string of the molecule is CCCNc1cncc(C(=O)NCCN(C)C(C)CC)n1. The summed E-state index contributed by atoms with van der Waals surface area (Å²) in [5.41, 5.74) is 0.349. The molecule has 0 aliphatic heterocycles. The average Bonchev–Trinajstić information content (AvgIpc) is 2.52. The summed E-state index contributed by atoms with van der Waals surface area (Å²) < 4.78 is 0. The highest BCUT2D eigenvalue weighted by Crippen LogP contribution is 2.02. The van der Waals surface area contributed by atoms with E-state index in [0.29, 0.717) is 24.1 Å². The van der Waals surface area contributed by atoms with Gasteiger partial charge in [0.05, 0.1) is 12.4 Å². The quantitative estimate of drug-likeness (QED) is 0.726. The molecule has 1 heterocycles. The van der Waals surface area contributed by atoms with E-state index in [0.717, 1.165) is 25.9 Å². The molecule has 0 aliphatic rings. The largest absolute Gasteiger partial charge is 0.369 e. The number of nitrogens with one attached hydrogen (secondary N) is 2. The molecule has 6 nitrogen and oxygen atoms in total. The molecule has 0 spiro atoms. The molecule has 118 valence electrons. The number of carbonyl (C=O) groups is 1. The van der Waals surface area contributed by atoms with Gasteiger partial charge in [0.25, 0.3) is 5.91 Å². The normalized spacial score (nSPS) is 12.2. The standard InChI is InChI=1S/C15H27N5O/c1-5-7-17-14-11-16-10-13(19-14)15(21)18-8-9-20(4)12(3)6-2/h10-12H,5-9H2,1-4H3,(H,17,19)(H,18,21). The van der Waals surface area contributed by atoms with Gasteiger partial charge in [-0.25, -0.2) is 4.98 Å². The van der Waals surface area contributed by atoms with Crippen molar-refractivity contribution in [3.8, 4) is 0 Å². The van der Waals surface area contributed by atoms with Crippen LogP contribution in [-0.2, 0) is 0 Å². The van der Waals surface area contributed by atoms with Crippen LogP contribution < -0.4 is 10.6 Å². The van der Waals surface area contributed by atoms with Crippen LogP contribution >= 0.6 is 0 Å². The van der Waals surface area contributed by atoms with Crippen molar-refractivity contribution in [3.63, 3.8) is 0 Å². The molecule has 1 atom stereocenters. The first-order valence-corrected chi connectivity index (χ1v) is 7.62. The van der Waals surface area contributed by atoms with Gasteiger partial charge < -0.3 is 15.5 Å². The number of carbonyl (C=O) groups excluding carboxylic acids is 1. The lowest BCUT2D eigenvalue weighted by atomic mass is 10.2. The monoisotopic (exact) mass is 293 g/mol. The molecule has 0 saturated heterocycles. The highest BCUT2D eigenvalue weighted by molar-refractivity contribution is 5.92. The van der Waals surface area contributed by atoms with E-state index in [2.05, 4.69) is 53.3 Å². The Morgan fingerprint density at radius 3 is 2.76 bits per heavy atom. The van der Waals surface area contributed by atoms with Crippen molar-refractivity contribution >= 4 is 11.7 Å². The van der Waals surface area contributed by atoms with Crippen molar-refractivity contribution in [2.24, 2.45) is 0 Å². The predicted octanol–water partition coefficient (Wildman–Crippen LogP) is 1.76. The fourth-order valence-electron chi connectivity index (χ4n) is 1.78. The highest BCUT2D eigenvalue weighted by atomic mass is 16.1. The number of rotatable bonds is 9. The number of aromatic nitrogens is 2. The van der Waals surface area contributed by atoms with Crippen LogP contribution in [0.2, 0.25) is 0 Å². The molecule has 0 radical (unpaired) electrons. The van der Waals surface area contributed by atoms with E-state index in [-0.39, 0.29) is 5.91 Å². The maximum Gasteiger partial charge on any atom is 0.271 e. The van der Waals surface area contributed by atoms with Crippen molar-refractivity contribution in [1.82, 2.24) is 20.2 Å². The summed E-state index contributed by atoms with van der Waals surface area (Å²) in [6.45, 7) is 8.65.